The highest BCUT2D eigenvalue weighted by Gasteiger charge is 2.22. The van der Waals surface area contributed by atoms with Gasteiger partial charge in [0.15, 0.2) is 0 Å². The predicted molar refractivity (Wildman–Crippen MR) is 74.3 cm³/mol. The van der Waals surface area contributed by atoms with Gasteiger partial charge in [0, 0.05) is 29.1 Å². The zero-order valence-corrected chi connectivity index (χ0v) is 11.9. The van der Waals surface area contributed by atoms with Crippen molar-refractivity contribution < 1.29 is 0 Å². The summed E-state index contributed by atoms with van der Waals surface area (Å²) >= 11 is 9.53. The van der Waals surface area contributed by atoms with Crippen molar-refractivity contribution in [1.82, 2.24) is 0 Å². The van der Waals surface area contributed by atoms with Gasteiger partial charge < -0.3 is 4.90 Å². The van der Waals surface area contributed by atoms with E-state index >= 15 is 0 Å². The summed E-state index contributed by atoms with van der Waals surface area (Å²) in [6, 6.07) is 6.37. The first-order chi connectivity index (χ1) is 7.74. The lowest BCUT2D eigenvalue weighted by Crippen LogP contribution is -2.20. The summed E-state index contributed by atoms with van der Waals surface area (Å²) in [6.07, 6.45) is 2.59. The molecular formula is C13H17BrClN. The number of anilines is 1. The van der Waals surface area contributed by atoms with Gasteiger partial charge in [0.05, 0.1) is 0 Å². The van der Waals surface area contributed by atoms with Crippen molar-refractivity contribution in [1.29, 1.82) is 0 Å². The van der Waals surface area contributed by atoms with Gasteiger partial charge in [-0.05, 0) is 30.0 Å². The fourth-order valence-corrected chi connectivity index (χ4v) is 2.90. The third-order valence-corrected chi connectivity index (χ3v) is 4.18. The molecule has 0 aromatic heterocycles. The minimum Gasteiger partial charge on any atom is -0.371 e. The zero-order chi connectivity index (χ0) is 11.5. The summed E-state index contributed by atoms with van der Waals surface area (Å²) in [5.41, 5.74) is 2.54. The SMILES string of the molecule is CCC1CCN(c2cc(Br)ccc2CCl)C1. The number of hydrogen-bond acceptors (Lipinski definition) is 1. The molecular weight excluding hydrogens is 286 g/mol. The molecule has 88 valence electrons. The minimum atomic E-state index is 0.593. The second-order valence-electron chi connectivity index (χ2n) is 4.42. The van der Waals surface area contributed by atoms with Gasteiger partial charge >= 0.3 is 0 Å². The van der Waals surface area contributed by atoms with E-state index in [4.69, 9.17) is 11.6 Å². The first-order valence-corrected chi connectivity index (χ1v) is 7.16. The predicted octanol–water partition coefficient (Wildman–Crippen LogP) is 4.42. The summed E-state index contributed by atoms with van der Waals surface area (Å²) in [7, 11) is 0. The molecule has 1 unspecified atom stereocenters. The number of nitrogens with zero attached hydrogens (tertiary/aromatic N) is 1. The van der Waals surface area contributed by atoms with Crippen LogP contribution in [0.15, 0.2) is 22.7 Å². The van der Waals surface area contributed by atoms with Crippen molar-refractivity contribution in [2.24, 2.45) is 5.92 Å². The van der Waals surface area contributed by atoms with Crippen molar-refractivity contribution >= 4 is 33.2 Å². The van der Waals surface area contributed by atoms with Crippen LogP contribution in [-0.2, 0) is 5.88 Å². The number of alkyl halides is 1. The van der Waals surface area contributed by atoms with Crippen molar-refractivity contribution in [3.05, 3.63) is 28.2 Å². The molecule has 1 aliphatic rings. The Morgan fingerprint density at radius 2 is 2.31 bits per heavy atom. The van der Waals surface area contributed by atoms with E-state index in [-0.39, 0.29) is 0 Å². The van der Waals surface area contributed by atoms with E-state index in [9.17, 15) is 0 Å². The first-order valence-electron chi connectivity index (χ1n) is 5.84. The van der Waals surface area contributed by atoms with Crippen LogP contribution in [0.4, 0.5) is 5.69 Å². The number of benzene rings is 1. The zero-order valence-electron chi connectivity index (χ0n) is 9.55. The largest absolute Gasteiger partial charge is 0.371 e. The Morgan fingerprint density at radius 3 is 2.94 bits per heavy atom. The molecule has 3 heteroatoms. The maximum absolute atomic E-state index is 5.99. The average molecular weight is 303 g/mol. The molecule has 16 heavy (non-hydrogen) atoms. The van der Waals surface area contributed by atoms with Crippen LogP contribution in [0.3, 0.4) is 0 Å². The second-order valence-corrected chi connectivity index (χ2v) is 5.60. The van der Waals surface area contributed by atoms with Crippen LogP contribution in [-0.4, -0.2) is 13.1 Å². The molecule has 0 bridgehead atoms. The molecule has 0 N–H and O–H groups in total. The standard InChI is InChI=1S/C13H17BrClN/c1-2-10-5-6-16(9-10)13-7-12(14)4-3-11(13)8-15/h3-4,7,10H,2,5-6,8-9H2,1H3. The highest BCUT2D eigenvalue weighted by atomic mass is 79.9. The van der Waals surface area contributed by atoms with Crippen molar-refractivity contribution in [3.63, 3.8) is 0 Å². The van der Waals surface area contributed by atoms with Gasteiger partial charge in [-0.1, -0.05) is 35.3 Å². The molecule has 0 amide bonds. The Hall–Kier alpha value is -0.210. The molecule has 1 fully saturated rings. The van der Waals surface area contributed by atoms with Gasteiger partial charge in [0.25, 0.3) is 0 Å². The molecule has 1 saturated heterocycles. The topological polar surface area (TPSA) is 3.24 Å². The Morgan fingerprint density at radius 1 is 1.50 bits per heavy atom. The van der Waals surface area contributed by atoms with Crippen molar-refractivity contribution in [2.45, 2.75) is 25.6 Å². The van der Waals surface area contributed by atoms with Crippen LogP contribution in [0.5, 0.6) is 0 Å². The summed E-state index contributed by atoms with van der Waals surface area (Å²) < 4.78 is 1.14. The molecule has 1 atom stereocenters. The van der Waals surface area contributed by atoms with E-state index in [2.05, 4.69) is 46.0 Å². The Bertz CT molecular complexity index is 367. The smallest absolute Gasteiger partial charge is 0.0494 e. The van der Waals surface area contributed by atoms with Gasteiger partial charge in [-0.3, -0.25) is 0 Å². The van der Waals surface area contributed by atoms with Crippen molar-refractivity contribution in [2.75, 3.05) is 18.0 Å². The van der Waals surface area contributed by atoms with Crippen LogP contribution in [0.2, 0.25) is 0 Å². The van der Waals surface area contributed by atoms with Crippen LogP contribution < -0.4 is 4.90 Å². The molecule has 0 radical (unpaired) electrons. The molecule has 2 rings (SSSR count). The average Bonchev–Trinajstić information content (AvgIpc) is 2.77. The quantitative estimate of drug-likeness (QED) is 0.747. The molecule has 1 heterocycles. The fourth-order valence-electron chi connectivity index (χ4n) is 2.33. The lowest BCUT2D eigenvalue weighted by molar-refractivity contribution is 0.569. The second kappa shape index (κ2) is 5.42. The van der Waals surface area contributed by atoms with Crippen LogP contribution in [0, 0.1) is 5.92 Å². The van der Waals surface area contributed by atoms with E-state index in [1.54, 1.807) is 0 Å². The van der Waals surface area contributed by atoms with Gasteiger partial charge in [-0.2, -0.15) is 0 Å². The van der Waals surface area contributed by atoms with E-state index < -0.39 is 0 Å². The molecule has 0 spiro atoms. The monoisotopic (exact) mass is 301 g/mol. The number of hydrogen-bond donors (Lipinski definition) is 0. The van der Waals surface area contributed by atoms with Crippen LogP contribution in [0.1, 0.15) is 25.3 Å². The van der Waals surface area contributed by atoms with E-state index in [1.807, 2.05) is 0 Å². The highest BCUT2D eigenvalue weighted by molar-refractivity contribution is 9.10. The van der Waals surface area contributed by atoms with Crippen LogP contribution >= 0.6 is 27.5 Å². The Kier molecular flexibility index (Phi) is 4.15. The molecule has 0 aliphatic carbocycles. The molecule has 0 saturated carbocycles. The van der Waals surface area contributed by atoms with Crippen molar-refractivity contribution in [3.8, 4) is 0 Å². The maximum atomic E-state index is 5.99. The molecule has 1 nitrogen and oxygen atoms in total. The summed E-state index contributed by atoms with van der Waals surface area (Å²) in [4.78, 5) is 2.47. The molecule has 1 aliphatic heterocycles. The lowest BCUT2D eigenvalue weighted by atomic mass is 10.1. The van der Waals surface area contributed by atoms with Gasteiger partial charge in [0.1, 0.15) is 0 Å². The van der Waals surface area contributed by atoms with E-state index in [0.29, 0.717) is 5.88 Å². The number of halogens is 2. The lowest BCUT2D eigenvalue weighted by Gasteiger charge is -2.21. The molecule has 1 aromatic rings. The Balaban J connectivity index is 2.22. The summed E-state index contributed by atoms with van der Waals surface area (Å²) in [5.74, 6) is 1.44. The first kappa shape index (κ1) is 12.3. The van der Waals surface area contributed by atoms with E-state index in [1.165, 1.54) is 37.2 Å². The van der Waals surface area contributed by atoms with E-state index in [0.717, 1.165) is 10.4 Å². The number of rotatable bonds is 3. The fraction of sp³-hybridized carbons (Fsp3) is 0.538. The third-order valence-electron chi connectivity index (χ3n) is 3.40. The minimum absolute atomic E-state index is 0.593. The summed E-state index contributed by atoms with van der Waals surface area (Å²) in [5, 5.41) is 0. The third kappa shape index (κ3) is 2.54. The van der Waals surface area contributed by atoms with Crippen LogP contribution in [0.25, 0.3) is 0 Å². The maximum Gasteiger partial charge on any atom is 0.0494 e. The normalized spacial score (nSPS) is 20.4. The van der Waals surface area contributed by atoms with Gasteiger partial charge in [-0.25, -0.2) is 0 Å². The van der Waals surface area contributed by atoms with Gasteiger partial charge in [-0.15, -0.1) is 11.6 Å². The summed E-state index contributed by atoms with van der Waals surface area (Å²) in [6.45, 7) is 4.62. The molecule has 1 aromatic carbocycles. The Labute approximate surface area is 111 Å². The van der Waals surface area contributed by atoms with Gasteiger partial charge in [0.2, 0.25) is 0 Å². The highest BCUT2D eigenvalue weighted by Crippen LogP contribution is 2.31.